The van der Waals surface area contributed by atoms with Crippen LogP contribution in [-0.2, 0) is 121 Å². The monoisotopic (exact) mass is 2860 g/mol. The molecular weight excluding hydrogens is 2720 g/mol. The zero-order valence-corrected chi connectivity index (χ0v) is 102. The van der Waals surface area contributed by atoms with Gasteiger partial charge in [-0.25, -0.2) is 43.7 Å². The number of nitrogens with zero attached hydrogens (tertiary/aromatic N) is 11. The Bertz CT molecular complexity index is 4930. The number of aromatic nitrogens is 4. The fourth-order valence-electron chi connectivity index (χ4n) is 14.6. The van der Waals surface area contributed by atoms with Gasteiger partial charge in [0, 0.05) is 152 Å². The fourth-order valence-corrected chi connectivity index (χ4v) is 19.0. The summed E-state index contributed by atoms with van der Waals surface area (Å²) in [5, 5.41) is 61.7. The summed E-state index contributed by atoms with van der Waals surface area (Å²) in [6.07, 6.45) is 5.42. The molecule has 12 rings (SSSR count). The number of amides is 8. The number of benzene rings is 4. The third-order valence-corrected chi connectivity index (χ3v) is 28.3. The van der Waals surface area contributed by atoms with Gasteiger partial charge in [0.05, 0.1) is 86.7 Å². The molecule has 10 N–H and O–H groups in total. The van der Waals surface area contributed by atoms with Gasteiger partial charge in [0.2, 0.25) is 5.91 Å². The van der Waals surface area contributed by atoms with Crippen molar-refractivity contribution in [3.05, 3.63) is 208 Å². The van der Waals surface area contributed by atoms with Crippen LogP contribution in [0.15, 0.2) is 149 Å². The fraction of sp³-hybridized carbons (Fsp3) is 0.546. The molecule has 0 saturated carbocycles. The summed E-state index contributed by atoms with van der Waals surface area (Å²) in [7, 11) is 4.89. The number of ether oxygens (including phenoxy) is 7. The molecule has 0 bridgehead atoms. The number of esters is 2. The molecule has 4 aromatic heterocycles. The van der Waals surface area contributed by atoms with Crippen LogP contribution in [0, 0.1) is 0 Å². The molecule has 802 valence electrons. The van der Waals surface area contributed by atoms with Crippen molar-refractivity contribution in [2.45, 2.75) is 185 Å². The average Bonchev–Trinajstić information content (AvgIpc) is 1.72. The number of carboxylic acid groups (broad SMARTS) is 1. The molecule has 0 spiro atoms. The molecular formula is C97H140I7N17O19S4-2. The van der Waals surface area contributed by atoms with E-state index >= 15 is 0 Å². The van der Waals surface area contributed by atoms with E-state index in [9.17, 15) is 58.8 Å². The quantitative estimate of drug-likeness (QED) is 0.00586. The van der Waals surface area contributed by atoms with Crippen molar-refractivity contribution in [1.82, 2.24) is 84.3 Å². The van der Waals surface area contributed by atoms with E-state index in [4.69, 9.17) is 33.2 Å². The van der Waals surface area contributed by atoms with E-state index in [-0.39, 0.29) is 114 Å². The van der Waals surface area contributed by atoms with Crippen molar-refractivity contribution in [2.24, 2.45) is 0 Å². The van der Waals surface area contributed by atoms with Gasteiger partial charge in [0.15, 0.2) is 0 Å². The van der Waals surface area contributed by atoms with Crippen LogP contribution < -0.4 is 64.8 Å². The topological polar surface area (TPSA) is 429 Å². The zero-order chi connectivity index (χ0) is 104. The van der Waals surface area contributed by atoms with E-state index in [0.717, 1.165) is 106 Å². The first-order chi connectivity index (χ1) is 68.6. The zero-order valence-electron chi connectivity index (χ0n) is 83.1. The molecule has 8 aromatic rings. The van der Waals surface area contributed by atoms with Crippen molar-refractivity contribution >= 4 is 192 Å². The van der Waals surface area contributed by atoms with Crippen LogP contribution in [-0.4, -0.2) is 316 Å². The van der Waals surface area contributed by atoms with Gasteiger partial charge in [-0.1, -0.05) is 91.0 Å². The number of morpholine rings is 4. The summed E-state index contributed by atoms with van der Waals surface area (Å²) in [5.41, 5.74) is 4.58. The number of rotatable bonds is 45. The number of thiazole rings is 4. The Balaban J connectivity index is 0.000000306. The normalized spacial score (nSPS) is 15.4. The summed E-state index contributed by atoms with van der Waals surface area (Å²) in [6.45, 7) is 26.1. The van der Waals surface area contributed by atoms with Gasteiger partial charge in [-0.3, -0.25) is 24.5 Å². The molecule has 6 atom stereocenters. The molecule has 0 aliphatic carbocycles. The summed E-state index contributed by atoms with van der Waals surface area (Å²) >= 11 is 14.8. The molecule has 4 fully saturated rings. The summed E-state index contributed by atoms with van der Waals surface area (Å²) < 4.78 is 41.4. The number of halogens is 7. The molecule has 4 saturated heterocycles. The second kappa shape index (κ2) is 71.0. The van der Waals surface area contributed by atoms with Crippen molar-refractivity contribution in [1.29, 1.82) is 0 Å². The maximum atomic E-state index is 14.2. The number of carboxylic acids is 1. The second-order valence-corrected chi connectivity index (χ2v) is 57.1. The molecule has 0 unspecified atom stereocenters. The number of aliphatic carboxylic acids is 1. The number of hydrogen-bond acceptors (Lipinski definition) is 31. The number of carbonyl (C=O) groups excluding carboxylic acids is 7. The SMILES string of the molecule is CN(Cc1csc(C(C)(C)O)n1)C(=O)N[C@@H](CCN1CCOCC1)C(=O)N[C@H](CC[C@H](Cc1ccccc1)NC(=O)OCc1cncs1)Cc1ccccc1.CN(Cc1csc(C(C)(C)O)n1)C(=O)N[C@@H](CCN1CCOCC1)C(=O)O.CN(Cc1csc(C(C)(C)O)n1)C(=O)N[C@@H](CCN1CCOCC1)C(=O)OCc1ccccc1.C[I-]N[C@@H](CCN1CCOCC1)C(=O)OCc1ccccc1.I.II.I[I-]I. The average molecular weight is 2860 g/mol. The van der Waals surface area contributed by atoms with E-state index in [1.165, 1.54) is 60.0 Å². The van der Waals surface area contributed by atoms with Crippen LogP contribution in [0.25, 0.3) is 0 Å². The number of alkyl carbamates (subject to hydrolysis) is 1. The van der Waals surface area contributed by atoms with Crippen LogP contribution >= 0.6 is 144 Å². The maximum absolute atomic E-state index is 14.2. The van der Waals surface area contributed by atoms with E-state index in [2.05, 4.69) is 149 Å². The van der Waals surface area contributed by atoms with Gasteiger partial charge in [-0.15, -0.1) is 69.3 Å². The van der Waals surface area contributed by atoms with Gasteiger partial charge < -0.3 is 85.4 Å². The molecule has 47 heteroatoms. The van der Waals surface area contributed by atoms with E-state index in [1.807, 2.05) is 132 Å². The number of aliphatic hydroxyl groups is 3. The third-order valence-electron chi connectivity index (χ3n) is 22.6. The first kappa shape index (κ1) is 128. The predicted molar refractivity (Wildman–Crippen MR) is 596 cm³/mol. The Morgan fingerprint density at radius 1 is 0.438 bits per heavy atom. The number of urea groups is 3. The number of carbonyl (C=O) groups is 8. The van der Waals surface area contributed by atoms with Crippen LogP contribution in [0.1, 0.15) is 139 Å². The minimum absolute atomic E-state index is 0. The van der Waals surface area contributed by atoms with E-state index < -0.39 is 65.0 Å². The Hall–Kier alpha value is -5.01. The first-order valence-electron chi connectivity index (χ1n) is 47.0. The van der Waals surface area contributed by atoms with Crippen LogP contribution in [0.5, 0.6) is 0 Å². The summed E-state index contributed by atoms with van der Waals surface area (Å²) in [6, 6.07) is 34.6. The molecule has 0 radical (unpaired) electrons. The summed E-state index contributed by atoms with van der Waals surface area (Å²) in [5.74, 6) is -1.93. The Kier molecular flexibility index (Phi) is 62.9. The van der Waals surface area contributed by atoms with Crippen LogP contribution in [0.4, 0.5) is 19.2 Å². The summed E-state index contributed by atoms with van der Waals surface area (Å²) in [4.78, 5) is 136. The molecule has 8 amide bonds. The van der Waals surface area contributed by atoms with Gasteiger partial charge in [0.25, 0.3) is 0 Å². The molecule has 36 nitrogen and oxygen atoms in total. The molecule has 4 aliphatic rings. The van der Waals surface area contributed by atoms with Crippen molar-refractivity contribution < 1.29 is 127 Å². The van der Waals surface area contributed by atoms with Crippen LogP contribution in [0.3, 0.4) is 0 Å². The predicted octanol–water partition coefficient (Wildman–Crippen LogP) is 7.35. The Morgan fingerprint density at radius 2 is 0.750 bits per heavy atom. The van der Waals surface area contributed by atoms with Gasteiger partial charge in [-0.2, -0.15) is 0 Å². The molecule has 4 aliphatic heterocycles. The molecule has 8 heterocycles. The number of hydrogen-bond donors (Lipinski definition) is 10. The minimum atomic E-state index is -1.08. The van der Waals surface area contributed by atoms with Crippen LogP contribution in [0.2, 0.25) is 0 Å². The Labute approximate surface area is 943 Å². The number of alkyl halides is 1. The first-order valence-corrected chi connectivity index (χ1v) is 72.6. The second-order valence-electron chi connectivity index (χ2n) is 35.6. The van der Waals surface area contributed by atoms with Crippen molar-refractivity contribution in [3.63, 3.8) is 0 Å². The Morgan fingerprint density at radius 3 is 1.08 bits per heavy atom. The van der Waals surface area contributed by atoms with Crippen molar-refractivity contribution in [2.75, 3.05) is 157 Å². The number of nitrogens with one attached hydrogen (secondary N) is 6. The van der Waals surface area contributed by atoms with Gasteiger partial charge in [-0.05, 0) is 103 Å². The van der Waals surface area contributed by atoms with E-state index in [1.54, 1.807) is 79.8 Å². The van der Waals surface area contributed by atoms with Crippen molar-refractivity contribution in [3.8, 4) is 0 Å². The third kappa shape index (κ3) is 51.4. The van der Waals surface area contributed by atoms with Gasteiger partial charge in [0.1, 0.15) is 63.2 Å². The standard InChI is InChI=1S/C40H53N7O6S2.C24H34N4O5S.C17H28N4O5S.C16H24IN2O3.I3.I2.HI/c1-40(2,51)37-43-33(27-54-37)25-46(3)38(49)45-35(16-17-47-18-20-52-21-19-47)36(48)42-31(22-29-10-6-4-7-11-29)14-15-32(23-30-12-8-5-9-13-30)44-39(50)53-26-34-24-41-28-55-34;1-24(2,31)22-25-19(17-34-22)15-27(3)23(30)26-20(9-10-28-11-13-32-14-12-28)21(29)33-16-18-7-5-4-6-8-18;1-17(2,25)15-18-12(11-27-15)10-20(3)16(24)19-13(14(22)23)4-5-21-6-8-26-9-7-21;1-17-18-15(7-8-19-9-11-21-12-10-19)16(20)22-13-14-5-3-2-4-6-14;1-3-2;1-2;/h4-13,24,27-28,31-32,35,51H,14-23,25-26H2,1-3H3,(H,42,48)(H,44,50)(H,45,49);4-8,17,20,31H,9-16H2,1-3H3,(H,26,30);11,13,25H,4-10H2,1-3H3,(H,19,24)(H,22,23);2-6,15,18H,7-13H2,1H3;;;1H/q;;;2*-1;;/t31-,32-,35+;20-;13-;15-;;;/m1000.../s1. The molecule has 4 aromatic carbocycles. The molecule has 144 heavy (non-hydrogen) atoms. The van der Waals surface area contributed by atoms with Gasteiger partial charge >= 0.3 is 230 Å². The van der Waals surface area contributed by atoms with E-state index in [0.29, 0.717) is 156 Å².